The van der Waals surface area contributed by atoms with Crippen LogP contribution in [0.3, 0.4) is 0 Å². The molecule has 0 aliphatic carbocycles. The van der Waals surface area contributed by atoms with Gasteiger partial charge in [0.15, 0.2) is 0 Å². The van der Waals surface area contributed by atoms with Crippen LogP contribution in [0.2, 0.25) is 0 Å². The highest BCUT2D eigenvalue weighted by Crippen LogP contribution is 2.32. The lowest BCUT2D eigenvalue weighted by Crippen LogP contribution is -2.49. The fourth-order valence-corrected chi connectivity index (χ4v) is 3.47. The first-order chi connectivity index (χ1) is 11.5. The summed E-state index contributed by atoms with van der Waals surface area (Å²) in [4.78, 5) is 0. The summed E-state index contributed by atoms with van der Waals surface area (Å²) in [5, 5.41) is 0. The molecule has 0 bridgehead atoms. The van der Waals surface area contributed by atoms with Gasteiger partial charge >= 0.3 is 0 Å². The second kappa shape index (κ2) is 7.47. The van der Waals surface area contributed by atoms with E-state index in [2.05, 4.69) is 81.8 Å². The number of hydrogen-bond donors (Lipinski definition) is 0. The van der Waals surface area contributed by atoms with Crippen molar-refractivity contribution in [3.8, 4) is 0 Å². The lowest BCUT2D eigenvalue weighted by Gasteiger charge is -2.38. The average molecular weight is 326 g/mol. The number of hydrogen-bond acceptors (Lipinski definition) is 2. The molecule has 1 saturated heterocycles. The van der Waals surface area contributed by atoms with Gasteiger partial charge < -0.3 is 14.0 Å². The van der Waals surface area contributed by atoms with Crippen LogP contribution in [0.5, 0.6) is 0 Å². The van der Waals surface area contributed by atoms with E-state index in [0.29, 0.717) is 13.2 Å². The quantitative estimate of drug-likeness (QED) is 0.785. The lowest BCUT2D eigenvalue weighted by molar-refractivity contribution is -0.874. The van der Waals surface area contributed by atoms with E-state index in [9.17, 15) is 0 Å². The minimum absolute atomic E-state index is 0.0418. The van der Waals surface area contributed by atoms with Crippen LogP contribution < -0.4 is 0 Å². The minimum Gasteiger partial charge on any atom is -0.376 e. The number of ether oxygens (including phenoxy) is 2. The SMILES string of the molecule is C[N+](C)(C)C[C@@H]1COC[C@@H](C(c2ccccc2)c2ccccc2)O1. The Bertz CT molecular complexity index is 582. The van der Waals surface area contributed by atoms with Gasteiger partial charge in [-0.25, -0.2) is 0 Å². The number of rotatable bonds is 5. The molecule has 1 heterocycles. The van der Waals surface area contributed by atoms with E-state index in [1.165, 1.54) is 11.1 Å². The first-order valence-electron chi connectivity index (χ1n) is 8.66. The Balaban J connectivity index is 1.86. The van der Waals surface area contributed by atoms with Gasteiger partial charge in [-0.15, -0.1) is 0 Å². The first-order valence-corrected chi connectivity index (χ1v) is 8.66. The van der Waals surface area contributed by atoms with Crippen molar-refractivity contribution in [3.63, 3.8) is 0 Å². The second-order valence-electron chi connectivity index (χ2n) is 7.61. The van der Waals surface area contributed by atoms with Crippen molar-refractivity contribution < 1.29 is 14.0 Å². The van der Waals surface area contributed by atoms with E-state index in [1.807, 2.05) is 0 Å². The highest BCUT2D eigenvalue weighted by atomic mass is 16.6. The van der Waals surface area contributed by atoms with E-state index < -0.39 is 0 Å². The third-order valence-electron chi connectivity index (χ3n) is 4.39. The number of nitrogens with zero attached hydrogens (tertiary/aromatic N) is 1. The Labute approximate surface area is 145 Å². The van der Waals surface area contributed by atoms with Gasteiger partial charge in [0.05, 0.1) is 40.5 Å². The zero-order chi connectivity index (χ0) is 17.0. The van der Waals surface area contributed by atoms with Gasteiger partial charge in [0.1, 0.15) is 12.6 Å². The molecule has 0 radical (unpaired) electrons. The standard InChI is InChI=1S/C21H28NO2/c1-22(2,3)14-19-15-23-16-20(24-19)21(17-10-6-4-7-11-17)18-12-8-5-9-13-18/h4-13,19-21H,14-16H2,1-3H3/q+1/t19-,20+/m1/s1. The smallest absolute Gasteiger partial charge is 0.130 e. The zero-order valence-corrected chi connectivity index (χ0v) is 14.9. The molecule has 2 atom stereocenters. The molecule has 0 amide bonds. The van der Waals surface area contributed by atoms with E-state index in [0.717, 1.165) is 11.0 Å². The third kappa shape index (κ3) is 4.44. The molecule has 1 aliphatic heterocycles. The van der Waals surface area contributed by atoms with Crippen LogP contribution in [0.1, 0.15) is 17.0 Å². The summed E-state index contributed by atoms with van der Waals surface area (Å²) < 4.78 is 13.3. The van der Waals surface area contributed by atoms with Gasteiger partial charge in [0.25, 0.3) is 0 Å². The lowest BCUT2D eigenvalue weighted by atomic mass is 9.86. The van der Waals surface area contributed by atoms with Crippen molar-refractivity contribution in [1.82, 2.24) is 0 Å². The summed E-state index contributed by atoms with van der Waals surface area (Å²) in [5.74, 6) is 0.197. The van der Waals surface area contributed by atoms with Crippen LogP contribution >= 0.6 is 0 Å². The van der Waals surface area contributed by atoms with Gasteiger partial charge in [-0.05, 0) is 11.1 Å². The molecule has 1 fully saturated rings. The van der Waals surface area contributed by atoms with Gasteiger partial charge in [0.2, 0.25) is 0 Å². The molecule has 3 rings (SSSR count). The van der Waals surface area contributed by atoms with Crippen LogP contribution in [0.15, 0.2) is 60.7 Å². The summed E-state index contributed by atoms with van der Waals surface area (Å²) in [6.07, 6.45) is 0.179. The fourth-order valence-electron chi connectivity index (χ4n) is 3.47. The van der Waals surface area contributed by atoms with Crippen molar-refractivity contribution in [3.05, 3.63) is 71.8 Å². The molecule has 3 heteroatoms. The minimum atomic E-state index is 0.0418. The molecule has 3 nitrogen and oxygen atoms in total. The molecule has 1 aliphatic rings. The fraction of sp³-hybridized carbons (Fsp3) is 0.429. The summed E-state index contributed by atoms with van der Waals surface area (Å²) in [7, 11) is 6.58. The summed E-state index contributed by atoms with van der Waals surface area (Å²) in [6.45, 7) is 2.28. The van der Waals surface area contributed by atoms with Gasteiger partial charge in [-0.2, -0.15) is 0 Å². The van der Waals surface area contributed by atoms with Gasteiger partial charge in [-0.1, -0.05) is 60.7 Å². The van der Waals surface area contributed by atoms with E-state index in [1.54, 1.807) is 0 Å². The molecule has 0 unspecified atom stereocenters. The normalized spacial score (nSPS) is 21.8. The van der Waals surface area contributed by atoms with Crippen LogP contribution in [0.4, 0.5) is 0 Å². The zero-order valence-electron chi connectivity index (χ0n) is 14.9. The number of likely N-dealkylation sites (N-methyl/N-ethyl adjacent to an activating group) is 1. The first kappa shape index (κ1) is 17.2. The molecule has 0 aromatic heterocycles. The molecule has 0 N–H and O–H groups in total. The van der Waals surface area contributed by atoms with Gasteiger partial charge in [0, 0.05) is 5.92 Å². The van der Waals surface area contributed by atoms with E-state index >= 15 is 0 Å². The largest absolute Gasteiger partial charge is 0.376 e. The second-order valence-corrected chi connectivity index (χ2v) is 7.61. The molecule has 2 aromatic carbocycles. The molecule has 24 heavy (non-hydrogen) atoms. The summed E-state index contributed by atoms with van der Waals surface area (Å²) in [5.41, 5.74) is 2.56. The maximum absolute atomic E-state index is 6.49. The van der Waals surface area contributed by atoms with E-state index in [4.69, 9.17) is 9.47 Å². The Morgan fingerprint density at radius 3 is 1.92 bits per heavy atom. The summed E-state index contributed by atoms with van der Waals surface area (Å²) >= 11 is 0. The highest BCUT2D eigenvalue weighted by Gasteiger charge is 2.33. The van der Waals surface area contributed by atoms with E-state index in [-0.39, 0.29) is 18.1 Å². The molecular formula is C21H28NO2+. The summed E-state index contributed by atoms with van der Waals surface area (Å²) in [6, 6.07) is 21.2. The maximum Gasteiger partial charge on any atom is 0.130 e. The molecule has 0 spiro atoms. The Morgan fingerprint density at radius 2 is 1.42 bits per heavy atom. The topological polar surface area (TPSA) is 18.5 Å². The van der Waals surface area contributed by atoms with Crippen molar-refractivity contribution in [2.24, 2.45) is 0 Å². The van der Waals surface area contributed by atoms with Crippen molar-refractivity contribution >= 4 is 0 Å². The van der Waals surface area contributed by atoms with Crippen LogP contribution in [0.25, 0.3) is 0 Å². The number of quaternary nitrogens is 1. The Hall–Kier alpha value is -1.68. The Kier molecular flexibility index (Phi) is 5.34. The predicted molar refractivity (Wildman–Crippen MR) is 97.1 cm³/mol. The maximum atomic E-state index is 6.49. The molecule has 2 aromatic rings. The van der Waals surface area contributed by atoms with Crippen LogP contribution in [0, 0.1) is 0 Å². The van der Waals surface area contributed by atoms with Gasteiger partial charge in [-0.3, -0.25) is 0 Å². The average Bonchev–Trinajstić information content (AvgIpc) is 2.56. The predicted octanol–water partition coefficient (Wildman–Crippen LogP) is 3.31. The van der Waals surface area contributed by atoms with Crippen molar-refractivity contribution in [1.29, 1.82) is 0 Å². The van der Waals surface area contributed by atoms with Crippen molar-refractivity contribution in [2.45, 2.75) is 18.1 Å². The molecule has 128 valence electrons. The molecule has 0 saturated carbocycles. The van der Waals surface area contributed by atoms with Crippen LogP contribution in [-0.4, -0.2) is 57.6 Å². The third-order valence-corrected chi connectivity index (χ3v) is 4.39. The number of benzene rings is 2. The Morgan fingerprint density at radius 1 is 0.875 bits per heavy atom. The van der Waals surface area contributed by atoms with Crippen LogP contribution in [-0.2, 0) is 9.47 Å². The molecular weight excluding hydrogens is 298 g/mol. The van der Waals surface area contributed by atoms with Crippen molar-refractivity contribution in [2.75, 3.05) is 40.9 Å². The highest BCUT2D eigenvalue weighted by molar-refractivity contribution is 5.34. The monoisotopic (exact) mass is 326 g/mol.